The van der Waals surface area contributed by atoms with Crippen molar-refractivity contribution >= 4 is 5.69 Å². The van der Waals surface area contributed by atoms with Crippen molar-refractivity contribution in [1.29, 1.82) is 0 Å². The highest BCUT2D eigenvalue weighted by molar-refractivity contribution is 5.52. The van der Waals surface area contributed by atoms with E-state index in [9.17, 15) is 0 Å². The number of piperazine rings is 1. The van der Waals surface area contributed by atoms with Crippen LogP contribution in [0.4, 0.5) is 5.69 Å². The van der Waals surface area contributed by atoms with E-state index in [1.54, 1.807) is 0 Å². The zero-order valence-corrected chi connectivity index (χ0v) is 10.9. The molecular weight excluding hydrogens is 208 g/mol. The Morgan fingerprint density at radius 2 is 1.88 bits per heavy atom. The summed E-state index contributed by atoms with van der Waals surface area (Å²) in [6.07, 6.45) is 4.08. The molecule has 1 saturated carbocycles. The van der Waals surface area contributed by atoms with E-state index in [-0.39, 0.29) is 0 Å². The van der Waals surface area contributed by atoms with Crippen molar-refractivity contribution < 1.29 is 0 Å². The van der Waals surface area contributed by atoms with Crippen LogP contribution in [0.1, 0.15) is 30.4 Å². The van der Waals surface area contributed by atoms with Crippen molar-refractivity contribution in [1.82, 2.24) is 5.32 Å². The largest absolute Gasteiger partial charge is 0.366 e. The normalized spacial score (nSPS) is 28.2. The monoisotopic (exact) mass is 230 g/mol. The number of hydrogen-bond acceptors (Lipinski definition) is 2. The third kappa shape index (κ3) is 2.06. The molecule has 1 aliphatic heterocycles. The number of anilines is 1. The summed E-state index contributed by atoms with van der Waals surface area (Å²) in [5, 5.41) is 3.67. The molecule has 2 nitrogen and oxygen atoms in total. The molecule has 2 fully saturated rings. The fourth-order valence-corrected chi connectivity index (χ4v) is 3.52. The summed E-state index contributed by atoms with van der Waals surface area (Å²) < 4.78 is 0. The Hall–Kier alpha value is -1.02. The van der Waals surface area contributed by atoms with Gasteiger partial charge in [0.25, 0.3) is 0 Å². The first-order valence-electron chi connectivity index (χ1n) is 6.82. The third-order valence-corrected chi connectivity index (χ3v) is 4.18. The fraction of sp³-hybridized carbons (Fsp3) is 0.600. The number of fused-ring (bicyclic) bond motifs is 1. The van der Waals surface area contributed by atoms with Crippen LogP contribution in [0.5, 0.6) is 0 Å². The van der Waals surface area contributed by atoms with Gasteiger partial charge in [0, 0.05) is 30.9 Å². The Labute approximate surface area is 104 Å². The van der Waals surface area contributed by atoms with Crippen molar-refractivity contribution in [2.75, 3.05) is 18.0 Å². The van der Waals surface area contributed by atoms with Crippen molar-refractivity contribution in [2.24, 2.45) is 0 Å². The molecule has 17 heavy (non-hydrogen) atoms. The Bertz CT molecular complexity index is 393. The van der Waals surface area contributed by atoms with Crippen LogP contribution < -0.4 is 10.2 Å². The average Bonchev–Trinajstić information content (AvgIpc) is 2.75. The maximum Gasteiger partial charge on any atom is 0.0443 e. The summed E-state index contributed by atoms with van der Waals surface area (Å²) in [4.78, 5) is 2.63. The Kier molecular flexibility index (Phi) is 2.83. The van der Waals surface area contributed by atoms with E-state index in [0.29, 0.717) is 0 Å². The highest BCUT2D eigenvalue weighted by Crippen LogP contribution is 2.31. The third-order valence-electron chi connectivity index (χ3n) is 4.18. The average molecular weight is 230 g/mol. The molecule has 0 aromatic heterocycles. The minimum Gasteiger partial charge on any atom is -0.366 e. The molecule has 0 unspecified atom stereocenters. The molecule has 2 atom stereocenters. The second-order valence-corrected chi connectivity index (χ2v) is 5.60. The Balaban J connectivity index is 1.91. The van der Waals surface area contributed by atoms with Crippen molar-refractivity contribution in [2.45, 2.75) is 45.2 Å². The van der Waals surface area contributed by atoms with Gasteiger partial charge in [-0.05, 0) is 56.4 Å². The molecule has 1 aliphatic carbocycles. The van der Waals surface area contributed by atoms with Crippen LogP contribution in [0.25, 0.3) is 0 Å². The molecule has 1 aromatic carbocycles. The van der Waals surface area contributed by atoms with E-state index < -0.39 is 0 Å². The van der Waals surface area contributed by atoms with Crippen LogP contribution >= 0.6 is 0 Å². The van der Waals surface area contributed by atoms with Gasteiger partial charge in [-0.2, -0.15) is 0 Å². The molecule has 2 aliphatic rings. The van der Waals surface area contributed by atoms with E-state index in [1.807, 2.05) is 0 Å². The Morgan fingerprint density at radius 3 is 2.65 bits per heavy atom. The number of aryl methyl sites for hydroxylation is 2. The molecule has 0 radical (unpaired) electrons. The molecule has 3 rings (SSSR count). The van der Waals surface area contributed by atoms with Crippen molar-refractivity contribution in [3.63, 3.8) is 0 Å². The van der Waals surface area contributed by atoms with Crippen LogP contribution in [0.2, 0.25) is 0 Å². The van der Waals surface area contributed by atoms with Crippen LogP contribution in [-0.4, -0.2) is 25.2 Å². The maximum atomic E-state index is 3.67. The van der Waals surface area contributed by atoms with Gasteiger partial charge in [-0.25, -0.2) is 0 Å². The molecular formula is C15H22N2. The SMILES string of the molecule is Cc1cc(C)cc(N2CCN[C@@H]3CCC[C@H]32)c1. The lowest BCUT2D eigenvalue weighted by Gasteiger charge is -2.40. The molecule has 1 heterocycles. The lowest BCUT2D eigenvalue weighted by molar-refractivity contribution is 0.404. The van der Waals surface area contributed by atoms with Gasteiger partial charge < -0.3 is 10.2 Å². The van der Waals surface area contributed by atoms with Crippen LogP contribution in [0.3, 0.4) is 0 Å². The smallest absolute Gasteiger partial charge is 0.0443 e. The number of hydrogen-bond donors (Lipinski definition) is 1. The fourth-order valence-electron chi connectivity index (χ4n) is 3.52. The molecule has 0 amide bonds. The quantitative estimate of drug-likeness (QED) is 0.798. The van der Waals surface area contributed by atoms with E-state index in [4.69, 9.17) is 0 Å². The van der Waals surface area contributed by atoms with E-state index in [1.165, 1.54) is 36.1 Å². The lowest BCUT2D eigenvalue weighted by Crippen LogP contribution is -2.55. The van der Waals surface area contributed by atoms with Gasteiger partial charge in [-0.1, -0.05) is 6.07 Å². The number of rotatable bonds is 1. The van der Waals surface area contributed by atoms with Crippen LogP contribution in [-0.2, 0) is 0 Å². The first-order chi connectivity index (χ1) is 8.24. The summed E-state index contributed by atoms with van der Waals surface area (Å²) in [6.45, 7) is 6.69. The van der Waals surface area contributed by atoms with E-state index >= 15 is 0 Å². The minimum atomic E-state index is 0.726. The number of benzene rings is 1. The predicted molar refractivity (Wildman–Crippen MR) is 72.7 cm³/mol. The first kappa shape index (κ1) is 11.1. The molecule has 2 heteroatoms. The molecule has 1 saturated heterocycles. The van der Waals surface area contributed by atoms with Gasteiger partial charge in [0.05, 0.1) is 0 Å². The summed E-state index contributed by atoms with van der Waals surface area (Å²) in [5.74, 6) is 0. The second kappa shape index (κ2) is 4.34. The molecule has 0 spiro atoms. The van der Waals surface area contributed by atoms with Crippen LogP contribution in [0, 0.1) is 13.8 Å². The summed E-state index contributed by atoms with van der Waals surface area (Å²) in [7, 11) is 0. The van der Waals surface area contributed by atoms with Gasteiger partial charge in [0.15, 0.2) is 0 Å². The molecule has 92 valence electrons. The van der Waals surface area contributed by atoms with Gasteiger partial charge in [0.2, 0.25) is 0 Å². The lowest BCUT2D eigenvalue weighted by atomic mass is 10.0. The second-order valence-electron chi connectivity index (χ2n) is 5.60. The van der Waals surface area contributed by atoms with Crippen LogP contribution in [0.15, 0.2) is 18.2 Å². The molecule has 1 N–H and O–H groups in total. The maximum absolute atomic E-state index is 3.67. The van der Waals surface area contributed by atoms with Crippen molar-refractivity contribution in [3.05, 3.63) is 29.3 Å². The highest BCUT2D eigenvalue weighted by Gasteiger charge is 2.34. The summed E-state index contributed by atoms with van der Waals surface area (Å²) >= 11 is 0. The molecule has 1 aromatic rings. The number of nitrogens with zero attached hydrogens (tertiary/aromatic N) is 1. The minimum absolute atomic E-state index is 0.726. The van der Waals surface area contributed by atoms with Gasteiger partial charge >= 0.3 is 0 Å². The summed E-state index contributed by atoms with van der Waals surface area (Å²) in [5.41, 5.74) is 4.20. The zero-order chi connectivity index (χ0) is 11.8. The topological polar surface area (TPSA) is 15.3 Å². The van der Waals surface area contributed by atoms with Crippen molar-refractivity contribution in [3.8, 4) is 0 Å². The number of nitrogens with one attached hydrogen (secondary N) is 1. The first-order valence-corrected chi connectivity index (χ1v) is 6.82. The molecule has 0 bridgehead atoms. The predicted octanol–water partition coefficient (Wildman–Crippen LogP) is 2.63. The summed E-state index contributed by atoms with van der Waals surface area (Å²) in [6, 6.07) is 8.40. The zero-order valence-electron chi connectivity index (χ0n) is 10.9. The van der Waals surface area contributed by atoms with Gasteiger partial charge in [0.1, 0.15) is 0 Å². The van der Waals surface area contributed by atoms with Gasteiger partial charge in [-0.15, -0.1) is 0 Å². The van der Waals surface area contributed by atoms with E-state index in [2.05, 4.69) is 42.3 Å². The van der Waals surface area contributed by atoms with E-state index in [0.717, 1.165) is 25.2 Å². The standard InChI is InChI=1S/C15H22N2/c1-11-8-12(2)10-13(9-11)17-7-6-16-14-4-3-5-15(14)17/h8-10,14-16H,3-7H2,1-2H3/t14-,15-/m1/s1. The Morgan fingerprint density at radius 1 is 1.12 bits per heavy atom. The highest BCUT2D eigenvalue weighted by atomic mass is 15.2. The van der Waals surface area contributed by atoms with Gasteiger partial charge in [-0.3, -0.25) is 0 Å².